The van der Waals surface area contributed by atoms with Crippen LogP contribution in [0.15, 0.2) is 12.4 Å². The molecule has 1 heterocycles. The molecule has 0 aliphatic heterocycles. The minimum absolute atomic E-state index is 0.0323. The second kappa shape index (κ2) is 6.30. The van der Waals surface area contributed by atoms with Crippen molar-refractivity contribution in [3.63, 3.8) is 0 Å². The molecule has 6 nitrogen and oxygen atoms in total. The summed E-state index contributed by atoms with van der Waals surface area (Å²) in [6.45, 7) is 5.85. The lowest BCUT2D eigenvalue weighted by Gasteiger charge is -2.30. The molecule has 1 atom stereocenters. The molecule has 100 valence electrons. The number of nitrogens with zero attached hydrogens (tertiary/aromatic N) is 4. The molecule has 0 radical (unpaired) electrons. The van der Waals surface area contributed by atoms with Gasteiger partial charge in [-0.25, -0.2) is 14.8 Å². The molecule has 0 amide bonds. The van der Waals surface area contributed by atoms with Crippen molar-refractivity contribution in [1.29, 1.82) is 0 Å². The third kappa shape index (κ3) is 3.66. The molecule has 0 aromatic carbocycles. The van der Waals surface area contributed by atoms with E-state index in [0.717, 1.165) is 13.1 Å². The van der Waals surface area contributed by atoms with Crippen LogP contribution in [0.5, 0.6) is 0 Å². The average molecular weight is 252 g/mol. The fourth-order valence-corrected chi connectivity index (χ4v) is 1.91. The van der Waals surface area contributed by atoms with Crippen molar-refractivity contribution in [3.05, 3.63) is 18.1 Å². The quantitative estimate of drug-likeness (QED) is 0.813. The molecular formula is C12H20N4O2. The Bertz CT molecular complexity index is 392. The van der Waals surface area contributed by atoms with Gasteiger partial charge >= 0.3 is 5.97 Å². The van der Waals surface area contributed by atoms with Gasteiger partial charge in [-0.05, 0) is 27.9 Å². The van der Waals surface area contributed by atoms with Crippen molar-refractivity contribution < 1.29 is 9.90 Å². The van der Waals surface area contributed by atoms with E-state index >= 15 is 0 Å². The first-order valence-corrected chi connectivity index (χ1v) is 5.92. The highest BCUT2D eigenvalue weighted by Crippen LogP contribution is 2.13. The van der Waals surface area contributed by atoms with Crippen molar-refractivity contribution in [1.82, 2.24) is 14.9 Å². The second-order valence-electron chi connectivity index (χ2n) is 4.46. The monoisotopic (exact) mass is 252 g/mol. The average Bonchev–Trinajstić information content (AvgIpc) is 2.29. The summed E-state index contributed by atoms with van der Waals surface area (Å²) < 4.78 is 0. The Hall–Kier alpha value is -1.69. The van der Waals surface area contributed by atoms with Crippen molar-refractivity contribution in [3.8, 4) is 0 Å². The first-order valence-electron chi connectivity index (χ1n) is 5.92. The summed E-state index contributed by atoms with van der Waals surface area (Å²) in [5.74, 6) is -0.352. The summed E-state index contributed by atoms with van der Waals surface area (Å²) >= 11 is 0. The van der Waals surface area contributed by atoms with E-state index in [2.05, 4.69) is 26.7 Å². The van der Waals surface area contributed by atoms with Crippen LogP contribution in [0.4, 0.5) is 5.82 Å². The Morgan fingerprint density at radius 2 is 2.06 bits per heavy atom. The Labute approximate surface area is 107 Å². The summed E-state index contributed by atoms with van der Waals surface area (Å²) in [5.41, 5.74) is -0.0323. The maximum absolute atomic E-state index is 10.7. The maximum atomic E-state index is 10.7. The van der Waals surface area contributed by atoms with E-state index in [4.69, 9.17) is 5.11 Å². The molecule has 1 aromatic rings. The van der Waals surface area contributed by atoms with Crippen molar-refractivity contribution in [2.45, 2.75) is 19.9 Å². The van der Waals surface area contributed by atoms with E-state index in [9.17, 15) is 4.79 Å². The number of aromatic carboxylic acids is 1. The standard InChI is InChI=1S/C12H20N4O2/c1-5-16(9(2)8-15(3)4)11-7-13-10(6-14-11)12(17)18/h6-7,9H,5,8H2,1-4H3,(H,17,18). The molecule has 1 aromatic heterocycles. The van der Waals surface area contributed by atoms with E-state index in [-0.39, 0.29) is 11.7 Å². The zero-order chi connectivity index (χ0) is 13.7. The highest BCUT2D eigenvalue weighted by Gasteiger charge is 2.15. The third-order valence-electron chi connectivity index (χ3n) is 2.65. The lowest BCUT2D eigenvalue weighted by molar-refractivity contribution is 0.0690. The minimum Gasteiger partial charge on any atom is -0.476 e. The number of carboxylic acid groups (broad SMARTS) is 1. The SMILES string of the molecule is CCN(c1cnc(C(=O)O)cn1)C(C)CN(C)C. The lowest BCUT2D eigenvalue weighted by Crippen LogP contribution is -2.40. The molecule has 0 spiro atoms. The van der Waals surface area contributed by atoms with Crippen molar-refractivity contribution in [2.24, 2.45) is 0 Å². The highest BCUT2D eigenvalue weighted by atomic mass is 16.4. The molecule has 1 rings (SSSR count). The summed E-state index contributed by atoms with van der Waals surface area (Å²) in [7, 11) is 4.03. The number of anilines is 1. The third-order valence-corrected chi connectivity index (χ3v) is 2.65. The van der Waals surface area contributed by atoms with Gasteiger partial charge in [0.25, 0.3) is 0 Å². The molecule has 0 aliphatic rings. The van der Waals surface area contributed by atoms with Gasteiger partial charge in [-0.2, -0.15) is 0 Å². The summed E-state index contributed by atoms with van der Waals surface area (Å²) in [6, 6.07) is 0.287. The van der Waals surface area contributed by atoms with E-state index in [0.29, 0.717) is 5.82 Å². The predicted molar refractivity (Wildman–Crippen MR) is 70.0 cm³/mol. The number of carbonyl (C=O) groups is 1. The zero-order valence-electron chi connectivity index (χ0n) is 11.3. The largest absolute Gasteiger partial charge is 0.476 e. The fourth-order valence-electron chi connectivity index (χ4n) is 1.91. The maximum Gasteiger partial charge on any atom is 0.356 e. The van der Waals surface area contributed by atoms with Crippen molar-refractivity contribution >= 4 is 11.8 Å². The number of rotatable bonds is 6. The molecule has 0 saturated carbocycles. The van der Waals surface area contributed by atoms with Gasteiger partial charge in [0.1, 0.15) is 5.82 Å². The van der Waals surface area contributed by atoms with Gasteiger partial charge in [-0.15, -0.1) is 0 Å². The summed E-state index contributed by atoms with van der Waals surface area (Å²) in [4.78, 5) is 23.0. The first kappa shape index (κ1) is 14.4. The number of aromatic nitrogens is 2. The molecule has 1 N–H and O–H groups in total. The van der Waals surface area contributed by atoms with Crippen LogP contribution in [0, 0.1) is 0 Å². The predicted octanol–water partition coefficient (Wildman–Crippen LogP) is 0.951. The van der Waals surface area contributed by atoms with Gasteiger partial charge in [0.15, 0.2) is 5.69 Å². The first-order chi connectivity index (χ1) is 8.45. The van der Waals surface area contributed by atoms with Crippen LogP contribution in [0.3, 0.4) is 0 Å². The lowest BCUT2D eigenvalue weighted by atomic mass is 10.2. The van der Waals surface area contributed by atoms with Gasteiger partial charge < -0.3 is 14.9 Å². The molecular weight excluding hydrogens is 232 g/mol. The van der Waals surface area contributed by atoms with Crippen LogP contribution in [0.25, 0.3) is 0 Å². The molecule has 6 heteroatoms. The fraction of sp³-hybridized carbons (Fsp3) is 0.583. The van der Waals surface area contributed by atoms with Crippen LogP contribution < -0.4 is 4.90 Å². The highest BCUT2D eigenvalue weighted by molar-refractivity contribution is 5.84. The van der Waals surface area contributed by atoms with E-state index in [1.807, 2.05) is 21.0 Å². The molecule has 0 aliphatic carbocycles. The molecule has 1 unspecified atom stereocenters. The molecule has 18 heavy (non-hydrogen) atoms. The van der Waals surface area contributed by atoms with Crippen LogP contribution in [-0.4, -0.2) is 59.2 Å². The van der Waals surface area contributed by atoms with Crippen LogP contribution in [0.1, 0.15) is 24.3 Å². The van der Waals surface area contributed by atoms with Gasteiger partial charge in [0.2, 0.25) is 0 Å². The summed E-state index contributed by atoms with van der Waals surface area (Å²) in [6.07, 6.45) is 2.81. The van der Waals surface area contributed by atoms with Gasteiger partial charge in [-0.3, -0.25) is 0 Å². The van der Waals surface area contributed by atoms with E-state index in [1.165, 1.54) is 12.4 Å². The van der Waals surface area contributed by atoms with Gasteiger partial charge in [0, 0.05) is 19.1 Å². The van der Waals surface area contributed by atoms with Crippen LogP contribution >= 0.6 is 0 Å². The minimum atomic E-state index is -1.06. The van der Waals surface area contributed by atoms with Crippen LogP contribution in [0.2, 0.25) is 0 Å². The number of hydrogen-bond acceptors (Lipinski definition) is 5. The summed E-state index contributed by atoms with van der Waals surface area (Å²) in [5, 5.41) is 8.78. The topological polar surface area (TPSA) is 69.6 Å². The number of hydrogen-bond donors (Lipinski definition) is 1. The van der Waals surface area contributed by atoms with Crippen LogP contribution in [-0.2, 0) is 0 Å². The molecule has 0 saturated heterocycles. The van der Waals surface area contributed by atoms with Gasteiger partial charge in [-0.1, -0.05) is 0 Å². The normalized spacial score (nSPS) is 12.5. The Balaban J connectivity index is 2.85. The Kier molecular flexibility index (Phi) is 5.03. The number of likely N-dealkylation sites (N-methyl/N-ethyl adjacent to an activating group) is 2. The van der Waals surface area contributed by atoms with Gasteiger partial charge in [0.05, 0.1) is 12.4 Å². The second-order valence-corrected chi connectivity index (χ2v) is 4.46. The Morgan fingerprint density at radius 1 is 1.39 bits per heavy atom. The molecule has 0 fully saturated rings. The van der Waals surface area contributed by atoms with E-state index in [1.54, 1.807) is 0 Å². The smallest absolute Gasteiger partial charge is 0.356 e. The van der Waals surface area contributed by atoms with E-state index < -0.39 is 5.97 Å². The van der Waals surface area contributed by atoms with Crippen molar-refractivity contribution in [2.75, 3.05) is 32.1 Å². The Morgan fingerprint density at radius 3 is 2.44 bits per heavy atom. The zero-order valence-corrected chi connectivity index (χ0v) is 11.3. The molecule has 0 bridgehead atoms. The number of carboxylic acids is 1.